The van der Waals surface area contributed by atoms with Crippen LogP contribution in [0.5, 0.6) is 17.2 Å². The van der Waals surface area contributed by atoms with Crippen molar-refractivity contribution in [1.82, 2.24) is 0 Å². The van der Waals surface area contributed by atoms with Gasteiger partial charge in [0, 0.05) is 6.07 Å². The average molecular weight is 260 g/mol. The van der Waals surface area contributed by atoms with E-state index in [1.165, 1.54) is 13.2 Å². The van der Waals surface area contributed by atoms with Crippen molar-refractivity contribution < 1.29 is 19.4 Å². The van der Waals surface area contributed by atoms with Gasteiger partial charge in [0.2, 0.25) is 0 Å². The molecule has 2 aliphatic carbocycles. The molecule has 100 valence electrons. The molecule has 1 N–H and O–H groups in total. The molecule has 3 atom stereocenters. The van der Waals surface area contributed by atoms with Gasteiger partial charge in [-0.05, 0) is 36.8 Å². The maximum absolute atomic E-state index is 12.1. The first-order valence-corrected chi connectivity index (χ1v) is 6.44. The lowest BCUT2D eigenvalue weighted by molar-refractivity contribution is -0.139. The van der Waals surface area contributed by atoms with Crippen molar-refractivity contribution in [3.63, 3.8) is 0 Å². The van der Waals surface area contributed by atoms with E-state index in [9.17, 15) is 9.90 Å². The minimum Gasteiger partial charge on any atom is -0.504 e. The molecule has 0 radical (unpaired) electrons. The summed E-state index contributed by atoms with van der Waals surface area (Å²) in [4.78, 5) is 12.1. The van der Waals surface area contributed by atoms with Gasteiger partial charge in [0.25, 0.3) is 0 Å². The Balaban J connectivity index is 1.70. The van der Waals surface area contributed by atoms with Crippen molar-refractivity contribution in [3.8, 4) is 17.2 Å². The van der Waals surface area contributed by atoms with Crippen LogP contribution < -0.4 is 9.47 Å². The van der Waals surface area contributed by atoms with Crippen LogP contribution in [0.25, 0.3) is 0 Å². The Labute approximate surface area is 111 Å². The molecule has 1 aromatic carbocycles. The van der Waals surface area contributed by atoms with E-state index in [0.29, 0.717) is 23.3 Å². The van der Waals surface area contributed by atoms with Gasteiger partial charge in [0.15, 0.2) is 11.5 Å². The average Bonchev–Trinajstić information content (AvgIpc) is 3.01. The number of ether oxygens (including phenoxy) is 2. The number of hydrogen-bond donors (Lipinski definition) is 1. The molecule has 0 amide bonds. The Hall–Kier alpha value is -1.97. The topological polar surface area (TPSA) is 55.8 Å². The number of fused-ring (bicyclic) bond motifs is 2. The third kappa shape index (κ3) is 2.18. The number of rotatable bonds is 3. The fraction of sp³-hybridized carbons (Fsp3) is 0.400. The van der Waals surface area contributed by atoms with Gasteiger partial charge in [-0.25, -0.2) is 0 Å². The highest BCUT2D eigenvalue weighted by Crippen LogP contribution is 2.44. The van der Waals surface area contributed by atoms with Gasteiger partial charge in [-0.1, -0.05) is 12.2 Å². The van der Waals surface area contributed by atoms with Gasteiger partial charge < -0.3 is 14.6 Å². The number of methoxy groups -OCH3 is 1. The van der Waals surface area contributed by atoms with Crippen LogP contribution in [0.4, 0.5) is 0 Å². The molecule has 1 aromatic rings. The molecule has 0 aromatic heterocycles. The summed E-state index contributed by atoms with van der Waals surface area (Å²) < 4.78 is 10.3. The number of allylic oxidation sites excluding steroid dienone is 2. The number of carbonyl (C=O) groups excluding carboxylic acids is 1. The second-order valence-corrected chi connectivity index (χ2v) is 5.14. The second-order valence-electron chi connectivity index (χ2n) is 5.14. The van der Waals surface area contributed by atoms with Crippen LogP contribution in [-0.4, -0.2) is 18.2 Å². The lowest BCUT2D eigenvalue weighted by Gasteiger charge is -2.16. The largest absolute Gasteiger partial charge is 0.504 e. The quantitative estimate of drug-likeness (QED) is 0.515. The Morgan fingerprint density at radius 2 is 2.16 bits per heavy atom. The highest BCUT2D eigenvalue weighted by Gasteiger charge is 2.40. The van der Waals surface area contributed by atoms with E-state index >= 15 is 0 Å². The summed E-state index contributed by atoms with van der Waals surface area (Å²) in [6, 6.07) is 4.61. The van der Waals surface area contributed by atoms with Crippen molar-refractivity contribution >= 4 is 5.97 Å². The van der Waals surface area contributed by atoms with E-state index in [1.54, 1.807) is 12.1 Å². The zero-order chi connectivity index (χ0) is 13.4. The van der Waals surface area contributed by atoms with Gasteiger partial charge in [0.05, 0.1) is 13.0 Å². The number of hydrogen-bond acceptors (Lipinski definition) is 4. The van der Waals surface area contributed by atoms with Crippen molar-refractivity contribution in [3.05, 3.63) is 30.4 Å². The summed E-state index contributed by atoms with van der Waals surface area (Å²) in [5.74, 6) is 1.30. The van der Waals surface area contributed by atoms with E-state index in [-0.39, 0.29) is 17.6 Å². The molecule has 4 heteroatoms. The summed E-state index contributed by atoms with van der Waals surface area (Å²) >= 11 is 0. The molecular formula is C15H16O4. The number of carbonyl (C=O) groups is 1. The van der Waals surface area contributed by atoms with Crippen LogP contribution in [0.15, 0.2) is 30.4 Å². The highest BCUT2D eigenvalue weighted by molar-refractivity contribution is 5.76. The zero-order valence-corrected chi connectivity index (χ0v) is 10.7. The molecule has 2 aliphatic rings. The van der Waals surface area contributed by atoms with Crippen molar-refractivity contribution in [2.45, 2.75) is 12.8 Å². The SMILES string of the molecule is COc1ccc(OC(=O)C2CC3C=CC2C3)cc1O. The summed E-state index contributed by atoms with van der Waals surface area (Å²) in [6.45, 7) is 0. The summed E-state index contributed by atoms with van der Waals surface area (Å²) in [5.41, 5.74) is 0. The van der Waals surface area contributed by atoms with Crippen LogP contribution in [0, 0.1) is 17.8 Å². The molecular weight excluding hydrogens is 244 g/mol. The van der Waals surface area contributed by atoms with Gasteiger partial charge in [-0.2, -0.15) is 0 Å². The molecule has 3 unspecified atom stereocenters. The van der Waals surface area contributed by atoms with Crippen LogP contribution in [0.2, 0.25) is 0 Å². The van der Waals surface area contributed by atoms with Crippen molar-refractivity contribution in [2.75, 3.05) is 7.11 Å². The maximum Gasteiger partial charge on any atom is 0.314 e. The summed E-state index contributed by atoms with van der Waals surface area (Å²) in [5, 5.41) is 9.65. The van der Waals surface area contributed by atoms with Crippen molar-refractivity contribution in [2.24, 2.45) is 17.8 Å². The van der Waals surface area contributed by atoms with Gasteiger partial charge in [-0.15, -0.1) is 0 Å². The Kier molecular flexibility index (Phi) is 2.93. The first-order valence-electron chi connectivity index (χ1n) is 6.44. The second kappa shape index (κ2) is 4.61. The third-order valence-electron chi connectivity index (χ3n) is 3.95. The van der Waals surface area contributed by atoms with E-state index in [1.807, 2.05) is 0 Å². The fourth-order valence-electron chi connectivity index (χ4n) is 2.98. The first kappa shape index (κ1) is 12.1. The number of phenolic OH excluding ortho intramolecular Hbond substituents is 1. The van der Waals surface area contributed by atoms with E-state index < -0.39 is 0 Å². The molecule has 1 fully saturated rings. The predicted octanol–water partition coefficient (Wildman–Crippen LogP) is 2.52. The Bertz CT molecular complexity index is 535. The highest BCUT2D eigenvalue weighted by atomic mass is 16.5. The molecule has 0 heterocycles. The summed E-state index contributed by atoms with van der Waals surface area (Å²) in [6.07, 6.45) is 6.25. The molecule has 0 saturated heterocycles. The van der Waals surface area contributed by atoms with Crippen LogP contribution in [-0.2, 0) is 4.79 Å². The predicted molar refractivity (Wildman–Crippen MR) is 69.1 cm³/mol. The van der Waals surface area contributed by atoms with E-state index in [4.69, 9.17) is 9.47 Å². The minimum atomic E-state index is -0.207. The first-order chi connectivity index (χ1) is 9.17. The third-order valence-corrected chi connectivity index (χ3v) is 3.95. The summed E-state index contributed by atoms with van der Waals surface area (Å²) in [7, 11) is 1.47. The molecule has 4 nitrogen and oxygen atoms in total. The number of aromatic hydroxyl groups is 1. The molecule has 19 heavy (non-hydrogen) atoms. The van der Waals surface area contributed by atoms with Crippen LogP contribution in [0.3, 0.4) is 0 Å². The number of esters is 1. The number of phenols is 1. The maximum atomic E-state index is 12.1. The monoisotopic (exact) mass is 260 g/mol. The Morgan fingerprint density at radius 3 is 2.74 bits per heavy atom. The fourth-order valence-corrected chi connectivity index (χ4v) is 2.98. The zero-order valence-electron chi connectivity index (χ0n) is 10.7. The number of benzene rings is 1. The van der Waals surface area contributed by atoms with Crippen LogP contribution in [0.1, 0.15) is 12.8 Å². The molecule has 0 aliphatic heterocycles. The van der Waals surface area contributed by atoms with Gasteiger partial charge >= 0.3 is 5.97 Å². The standard InChI is InChI=1S/C15H16O4/c1-18-14-5-4-11(8-13(14)16)19-15(17)12-7-9-2-3-10(12)6-9/h2-5,8-10,12,16H,6-7H2,1H3. The smallest absolute Gasteiger partial charge is 0.314 e. The van der Waals surface area contributed by atoms with E-state index in [0.717, 1.165) is 12.8 Å². The molecule has 0 spiro atoms. The van der Waals surface area contributed by atoms with Gasteiger partial charge in [-0.3, -0.25) is 4.79 Å². The lowest BCUT2D eigenvalue weighted by Crippen LogP contribution is -2.23. The molecule has 3 rings (SSSR count). The van der Waals surface area contributed by atoms with Crippen molar-refractivity contribution in [1.29, 1.82) is 0 Å². The lowest BCUT2D eigenvalue weighted by atomic mass is 9.94. The van der Waals surface area contributed by atoms with Crippen LogP contribution >= 0.6 is 0 Å². The molecule has 2 bridgehead atoms. The van der Waals surface area contributed by atoms with Gasteiger partial charge in [0.1, 0.15) is 5.75 Å². The molecule has 1 saturated carbocycles. The van der Waals surface area contributed by atoms with E-state index in [2.05, 4.69) is 12.2 Å². The normalized spacial score (nSPS) is 27.5. The Morgan fingerprint density at radius 1 is 1.32 bits per heavy atom. The minimum absolute atomic E-state index is 0.0272.